The van der Waals surface area contributed by atoms with Crippen molar-refractivity contribution in [2.24, 2.45) is 5.92 Å². The van der Waals surface area contributed by atoms with Gasteiger partial charge in [0.25, 0.3) is 0 Å². The highest BCUT2D eigenvalue weighted by Crippen LogP contribution is 2.42. The largest absolute Gasteiger partial charge is 0.493 e. The van der Waals surface area contributed by atoms with Crippen LogP contribution in [0, 0.1) is 24.5 Å². The van der Waals surface area contributed by atoms with E-state index in [-0.39, 0.29) is 31.3 Å². The summed E-state index contributed by atoms with van der Waals surface area (Å²) in [5, 5.41) is 7.22. The molecule has 0 amide bonds. The van der Waals surface area contributed by atoms with Crippen LogP contribution in [0.15, 0.2) is 42.7 Å². The topological polar surface area (TPSA) is 52.0 Å². The summed E-state index contributed by atoms with van der Waals surface area (Å²) < 4.78 is 59.3. The average molecular weight is 406 g/mol. The van der Waals surface area contributed by atoms with Crippen LogP contribution in [-0.2, 0) is 0 Å². The molecule has 29 heavy (non-hydrogen) atoms. The predicted octanol–water partition coefficient (Wildman–Crippen LogP) is 5.02. The third kappa shape index (κ3) is 4.49. The zero-order valence-electron chi connectivity index (χ0n) is 15.5. The number of nitrogens with zero attached hydrogens (tertiary/aromatic N) is 3. The molecule has 0 saturated heterocycles. The molecule has 1 saturated carbocycles. The molecule has 0 spiro atoms. The molecule has 1 aromatic heterocycles. The van der Waals surface area contributed by atoms with Gasteiger partial charge in [0, 0.05) is 36.6 Å². The Bertz CT molecular complexity index is 1030. The molecule has 0 unspecified atom stereocenters. The van der Waals surface area contributed by atoms with Gasteiger partial charge in [-0.05, 0) is 36.8 Å². The molecule has 0 bridgehead atoms. The highest BCUT2D eigenvalue weighted by molar-refractivity contribution is 5.57. The van der Waals surface area contributed by atoms with Gasteiger partial charge in [-0.2, -0.15) is 4.98 Å². The normalized spacial score (nSPS) is 15.8. The number of hydrogen-bond donors (Lipinski definition) is 1. The first-order chi connectivity index (χ1) is 13.8. The maximum atomic E-state index is 13.4. The zero-order valence-corrected chi connectivity index (χ0v) is 15.5. The highest BCUT2D eigenvalue weighted by atomic mass is 19.3. The Labute approximate surface area is 164 Å². The number of nitrogens with one attached hydrogen (secondary N) is 1. The van der Waals surface area contributed by atoms with Crippen LogP contribution in [0.2, 0.25) is 0 Å². The number of hydrogen-bond acceptors (Lipinski definition) is 4. The first kappa shape index (κ1) is 19.2. The van der Waals surface area contributed by atoms with Crippen molar-refractivity contribution in [1.29, 1.82) is 0 Å². The Kier molecular flexibility index (Phi) is 4.89. The zero-order chi connectivity index (χ0) is 20.6. The summed E-state index contributed by atoms with van der Waals surface area (Å²) >= 11 is 0. The molecule has 1 heterocycles. The summed E-state index contributed by atoms with van der Waals surface area (Å²) in [4.78, 5) is 4.11. The third-order valence-corrected chi connectivity index (χ3v) is 4.63. The van der Waals surface area contributed by atoms with Crippen molar-refractivity contribution in [3.05, 3.63) is 59.9 Å². The lowest BCUT2D eigenvalue weighted by atomic mass is 9.82. The van der Waals surface area contributed by atoms with E-state index in [4.69, 9.17) is 4.74 Å². The van der Waals surface area contributed by atoms with Gasteiger partial charge >= 0.3 is 0 Å². The Morgan fingerprint density at radius 2 is 1.93 bits per heavy atom. The Morgan fingerprint density at radius 1 is 1.14 bits per heavy atom. The van der Waals surface area contributed by atoms with Crippen molar-refractivity contribution in [2.75, 3.05) is 11.9 Å². The van der Waals surface area contributed by atoms with Gasteiger partial charge in [0.05, 0.1) is 12.3 Å². The maximum absolute atomic E-state index is 13.4. The van der Waals surface area contributed by atoms with E-state index < -0.39 is 17.6 Å². The van der Waals surface area contributed by atoms with Gasteiger partial charge in [0.1, 0.15) is 12.1 Å². The SMILES string of the molecule is Cc1cc(Nc2ncn(-c3ccc(F)c(F)c3)n2)cc(OCC2CC(F)(F)C2)c1. The summed E-state index contributed by atoms with van der Waals surface area (Å²) in [5.74, 6) is -3.81. The molecule has 1 N–H and O–H groups in total. The number of benzene rings is 2. The molecule has 2 aromatic carbocycles. The summed E-state index contributed by atoms with van der Waals surface area (Å²) in [6, 6.07) is 8.82. The fourth-order valence-electron chi connectivity index (χ4n) is 3.22. The fraction of sp³-hybridized carbons (Fsp3) is 0.300. The van der Waals surface area contributed by atoms with E-state index in [1.165, 1.54) is 17.1 Å². The van der Waals surface area contributed by atoms with Crippen LogP contribution in [0.1, 0.15) is 18.4 Å². The summed E-state index contributed by atoms with van der Waals surface area (Å²) in [6.45, 7) is 2.12. The second-order valence-corrected chi connectivity index (χ2v) is 7.21. The molecule has 9 heteroatoms. The highest BCUT2D eigenvalue weighted by Gasteiger charge is 2.45. The Hall–Kier alpha value is -3.10. The van der Waals surface area contributed by atoms with E-state index in [9.17, 15) is 17.6 Å². The standard InChI is InChI=1S/C20H18F4N4O/c1-12-4-14(6-16(5-12)29-10-13-8-20(23,24)9-13)26-19-25-11-28(27-19)15-2-3-17(21)18(22)7-15/h2-7,11,13H,8-10H2,1H3,(H,26,27). The van der Waals surface area contributed by atoms with Crippen molar-refractivity contribution in [2.45, 2.75) is 25.7 Å². The average Bonchev–Trinajstić information content (AvgIpc) is 3.08. The first-order valence-electron chi connectivity index (χ1n) is 9.04. The second-order valence-electron chi connectivity index (χ2n) is 7.21. The van der Waals surface area contributed by atoms with Gasteiger partial charge in [-0.15, -0.1) is 5.10 Å². The van der Waals surface area contributed by atoms with Crippen LogP contribution >= 0.6 is 0 Å². The number of alkyl halides is 2. The van der Waals surface area contributed by atoms with Crippen LogP contribution in [0.5, 0.6) is 5.75 Å². The van der Waals surface area contributed by atoms with E-state index in [2.05, 4.69) is 15.4 Å². The molecule has 0 radical (unpaired) electrons. The molecular weight excluding hydrogens is 388 g/mol. The maximum Gasteiger partial charge on any atom is 0.248 e. The quantitative estimate of drug-likeness (QED) is 0.584. The minimum atomic E-state index is -2.56. The smallest absolute Gasteiger partial charge is 0.248 e. The van der Waals surface area contributed by atoms with Crippen molar-refractivity contribution >= 4 is 11.6 Å². The number of anilines is 2. The Balaban J connectivity index is 1.43. The Morgan fingerprint density at radius 3 is 2.66 bits per heavy atom. The summed E-state index contributed by atoms with van der Waals surface area (Å²) in [6.07, 6.45) is 1.09. The predicted molar refractivity (Wildman–Crippen MR) is 98.9 cm³/mol. The lowest BCUT2D eigenvalue weighted by Gasteiger charge is -2.34. The lowest BCUT2D eigenvalue weighted by Crippen LogP contribution is -2.38. The molecule has 1 aliphatic rings. The molecule has 152 valence electrons. The first-order valence-corrected chi connectivity index (χ1v) is 9.04. The van der Waals surface area contributed by atoms with E-state index in [1.54, 1.807) is 6.07 Å². The van der Waals surface area contributed by atoms with Gasteiger partial charge in [-0.25, -0.2) is 22.2 Å². The van der Waals surface area contributed by atoms with Crippen LogP contribution in [-0.4, -0.2) is 27.3 Å². The monoisotopic (exact) mass is 406 g/mol. The van der Waals surface area contributed by atoms with E-state index >= 15 is 0 Å². The van der Waals surface area contributed by atoms with Gasteiger partial charge in [0.15, 0.2) is 11.6 Å². The molecule has 1 aliphatic carbocycles. The summed E-state index contributed by atoms with van der Waals surface area (Å²) in [7, 11) is 0. The molecule has 0 atom stereocenters. The molecule has 4 rings (SSSR count). The van der Waals surface area contributed by atoms with Crippen molar-refractivity contribution in [1.82, 2.24) is 14.8 Å². The molecule has 5 nitrogen and oxygen atoms in total. The minimum Gasteiger partial charge on any atom is -0.493 e. The number of halogens is 4. The van der Waals surface area contributed by atoms with E-state index in [0.29, 0.717) is 17.1 Å². The van der Waals surface area contributed by atoms with Crippen molar-refractivity contribution in [3.8, 4) is 11.4 Å². The van der Waals surface area contributed by atoms with Crippen molar-refractivity contribution in [3.63, 3.8) is 0 Å². The molecule has 1 fully saturated rings. The summed E-state index contributed by atoms with van der Waals surface area (Å²) in [5.41, 5.74) is 1.89. The van der Waals surface area contributed by atoms with E-state index in [0.717, 1.165) is 17.7 Å². The molecular formula is C20H18F4N4O. The number of ether oxygens (including phenoxy) is 1. The van der Waals surface area contributed by atoms with Crippen molar-refractivity contribution < 1.29 is 22.3 Å². The second kappa shape index (κ2) is 7.38. The molecule has 3 aromatic rings. The number of aryl methyl sites for hydroxylation is 1. The van der Waals surface area contributed by atoms with Gasteiger partial charge in [0.2, 0.25) is 11.9 Å². The van der Waals surface area contributed by atoms with Crippen LogP contribution in [0.4, 0.5) is 29.2 Å². The molecule has 0 aliphatic heterocycles. The van der Waals surface area contributed by atoms with Crippen LogP contribution < -0.4 is 10.1 Å². The minimum absolute atomic E-state index is 0.143. The van der Waals surface area contributed by atoms with Crippen LogP contribution in [0.3, 0.4) is 0 Å². The number of aromatic nitrogens is 3. The third-order valence-electron chi connectivity index (χ3n) is 4.63. The van der Waals surface area contributed by atoms with Crippen LogP contribution in [0.25, 0.3) is 5.69 Å². The van der Waals surface area contributed by atoms with Gasteiger partial charge < -0.3 is 10.1 Å². The number of rotatable bonds is 6. The fourth-order valence-corrected chi connectivity index (χ4v) is 3.22. The van der Waals surface area contributed by atoms with Gasteiger partial charge in [-0.1, -0.05) is 0 Å². The lowest BCUT2D eigenvalue weighted by molar-refractivity contribution is -0.119. The van der Waals surface area contributed by atoms with Gasteiger partial charge in [-0.3, -0.25) is 0 Å². The van der Waals surface area contributed by atoms with E-state index in [1.807, 2.05) is 19.1 Å².